The Morgan fingerprint density at radius 3 is 2.55 bits per heavy atom. The molecule has 1 aromatic rings. The minimum atomic E-state index is -0.776. The van der Waals surface area contributed by atoms with Gasteiger partial charge < -0.3 is 15.4 Å². The Bertz CT molecular complexity index is 671. The van der Waals surface area contributed by atoms with Crippen LogP contribution in [0.1, 0.15) is 26.3 Å². The summed E-state index contributed by atoms with van der Waals surface area (Å²) in [5, 5.41) is 13.9. The lowest BCUT2D eigenvalue weighted by Gasteiger charge is -2.22. The Labute approximate surface area is 128 Å². The number of hydrogen-bond donors (Lipinski definition) is 2. The average molecular weight is 300 g/mol. The second kappa shape index (κ2) is 5.85. The second-order valence-corrected chi connectivity index (χ2v) is 5.40. The van der Waals surface area contributed by atoms with Crippen LogP contribution in [0.15, 0.2) is 29.3 Å². The molecule has 0 fully saturated rings. The fourth-order valence-corrected chi connectivity index (χ4v) is 1.86. The van der Waals surface area contributed by atoms with Gasteiger partial charge in [-0.1, -0.05) is 0 Å². The molecule has 3 amide bonds. The number of ether oxygens (including phenoxy) is 1. The number of carbonyl (C=O) groups is 2. The first-order valence-corrected chi connectivity index (χ1v) is 6.71. The van der Waals surface area contributed by atoms with Crippen LogP contribution in [0.25, 0.3) is 0 Å². The summed E-state index contributed by atoms with van der Waals surface area (Å²) in [5.74, 6) is 0.328. The Kier molecular flexibility index (Phi) is 4.13. The van der Waals surface area contributed by atoms with Gasteiger partial charge >= 0.3 is 6.03 Å². The summed E-state index contributed by atoms with van der Waals surface area (Å²) < 4.78 is 5.50. The van der Waals surface area contributed by atoms with Crippen LogP contribution < -0.4 is 15.4 Å². The molecule has 0 aliphatic carbocycles. The van der Waals surface area contributed by atoms with Crippen LogP contribution in [-0.2, 0) is 4.79 Å². The van der Waals surface area contributed by atoms with Crippen molar-refractivity contribution in [3.05, 3.63) is 29.8 Å². The number of carbonyl (C=O) groups excluding carboxylic acids is 2. The van der Waals surface area contributed by atoms with Crippen molar-refractivity contribution in [1.29, 1.82) is 5.26 Å². The topological polar surface area (TPSA) is 104 Å². The quantitative estimate of drug-likeness (QED) is 0.879. The second-order valence-electron chi connectivity index (χ2n) is 5.40. The molecule has 22 heavy (non-hydrogen) atoms. The first kappa shape index (κ1) is 15.5. The van der Waals surface area contributed by atoms with Gasteiger partial charge in [0.15, 0.2) is 6.10 Å². The van der Waals surface area contributed by atoms with E-state index in [9.17, 15) is 9.59 Å². The van der Waals surface area contributed by atoms with Crippen LogP contribution >= 0.6 is 0 Å². The third-order valence-electron chi connectivity index (χ3n) is 3.13. The number of amidine groups is 1. The Morgan fingerprint density at radius 2 is 2.05 bits per heavy atom. The zero-order valence-electron chi connectivity index (χ0n) is 12.5. The standard InChI is InChI=1S/C15H16N4O3/c1-9(22-11-6-4-10(8-16)5-7-11)12(20)17-13-15(2,3)19-14(21)18-13/h4-7,9H,1-3H3,(H2,17,18,19,20,21). The van der Waals surface area contributed by atoms with Crippen LogP contribution in [0.5, 0.6) is 5.75 Å². The van der Waals surface area contributed by atoms with E-state index in [0.29, 0.717) is 11.3 Å². The van der Waals surface area contributed by atoms with E-state index in [2.05, 4.69) is 15.6 Å². The predicted molar refractivity (Wildman–Crippen MR) is 79.4 cm³/mol. The van der Waals surface area contributed by atoms with Gasteiger partial charge in [-0.25, -0.2) is 4.79 Å². The van der Waals surface area contributed by atoms with Crippen LogP contribution in [0.4, 0.5) is 4.79 Å². The van der Waals surface area contributed by atoms with Crippen LogP contribution in [0.3, 0.4) is 0 Å². The number of nitrogens with zero attached hydrogens (tertiary/aromatic N) is 2. The van der Waals surface area contributed by atoms with Crippen molar-refractivity contribution < 1.29 is 14.3 Å². The number of nitrogens with one attached hydrogen (secondary N) is 2. The highest BCUT2D eigenvalue weighted by Gasteiger charge is 2.35. The van der Waals surface area contributed by atoms with Gasteiger partial charge in [0, 0.05) is 0 Å². The van der Waals surface area contributed by atoms with Crippen molar-refractivity contribution in [3.63, 3.8) is 0 Å². The summed E-state index contributed by atoms with van der Waals surface area (Å²) in [6.07, 6.45) is -0.776. The van der Waals surface area contributed by atoms with E-state index in [4.69, 9.17) is 10.00 Å². The summed E-state index contributed by atoms with van der Waals surface area (Å²) in [6.45, 7) is 5.07. The number of benzene rings is 1. The highest BCUT2D eigenvalue weighted by molar-refractivity contribution is 6.12. The van der Waals surface area contributed by atoms with E-state index in [1.54, 1.807) is 45.0 Å². The molecule has 7 heteroatoms. The fourth-order valence-electron chi connectivity index (χ4n) is 1.86. The monoisotopic (exact) mass is 300 g/mol. The molecule has 0 saturated carbocycles. The molecule has 114 valence electrons. The van der Waals surface area contributed by atoms with Crippen molar-refractivity contribution in [3.8, 4) is 11.8 Å². The van der Waals surface area contributed by atoms with Crippen molar-refractivity contribution >= 4 is 17.8 Å². The molecular formula is C15H16N4O3. The molecule has 0 aromatic heterocycles. The summed E-state index contributed by atoms with van der Waals surface area (Å²) in [4.78, 5) is 27.1. The minimum Gasteiger partial charge on any atom is -0.481 e. The van der Waals surface area contributed by atoms with Gasteiger partial charge in [0.1, 0.15) is 11.6 Å². The molecule has 0 spiro atoms. The normalized spacial score (nSPS) is 17.0. The zero-order chi connectivity index (χ0) is 16.3. The van der Waals surface area contributed by atoms with Gasteiger partial charge in [0.05, 0.1) is 17.2 Å². The van der Waals surface area contributed by atoms with Crippen molar-refractivity contribution in [2.24, 2.45) is 4.99 Å². The Morgan fingerprint density at radius 1 is 1.41 bits per heavy atom. The van der Waals surface area contributed by atoms with E-state index in [0.717, 1.165) is 0 Å². The van der Waals surface area contributed by atoms with E-state index < -0.39 is 23.6 Å². The molecule has 0 bridgehead atoms. The van der Waals surface area contributed by atoms with Gasteiger partial charge in [0.25, 0.3) is 5.91 Å². The first-order valence-electron chi connectivity index (χ1n) is 6.71. The maximum Gasteiger partial charge on any atom is 0.343 e. The molecule has 0 radical (unpaired) electrons. The zero-order valence-corrected chi connectivity index (χ0v) is 12.5. The average Bonchev–Trinajstić information content (AvgIpc) is 2.71. The largest absolute Gasteiger partial charge is 0.481 e. The number of nitriles is 1. The summed E-state index contributed by atoms with van der Waals surface area (Å²) in [7, 11) is 0. The Balaban J connectivity index is 1.99. The fraction of sp³-hybridized carbons (Fsp3) is 0.333. The molecule has 1 aromatic carbocycles. The van der Waals surface area contributed by atoms with E-state index in [1.807, 2.05) is 6.07 Å². The van der Waals surface area contributed by atoms with Gasteiger partial charge in [-0.05, 0) is 45.0 Å². The van der Waals surface area contributed by atoms with Crippen LogP contribution in [-0.4, -0.2) is 29.4 Å². The third kappa shape index (κ3) is 3.41. The summed E-state index contributed by atoms with van der Waals surface area (Å²) in [6, 6.07) is 7.96. The molecule has 2 rings (SSSR count). The molecule has 1 aliphatic heterocycles. The lowest BCUT2D eigenvalue weighted by molar-refractivity contribution is -0.125. The van der Waals surface area contributed by atoms with Gasteiger partial charge in [-0.3, -0.25) is 4.79 Å². The molecule has 1 heterocycles. The maximum atomic E-state index is 12.1. The van der Waals surface area contributed by atoms with Gasteiger partial charge in [0.2, 0.25) is 0 Å². The predicted octanol–water partition coefficient (Wildman–Crippen LogP) is 1.34. The van der Waals surface area contributed by atoms with Crippen molar-refractivity contribution in [2.75, 3.05) is 0 Å². The molecular weight excluding hydrogens is 284 g/mol. The molecule has 1 atom stereocenters. The third-order valence-corrected chi connectivity index (χ3v) is 3.13. The lowest BCUT2D eigenvalue weighted by Crippen LogP contribution is -2.52. The molecule has 1 unspecified atom stereocenters. The summed E-state index contributed by atoms with van der Waals surface area (Å²) in [5.41, 5.74) is -0.211. The lowest BCUT2D eigenvalue weighted by atomic mass is 10.1. The molecule has 1 aliphatic rings. The van der Waals surface area contributed by atoms with Gasteiger partial charge in [-0.15, -0.1) is 0 Å². The highest BCUT2D eigenvalue weighted by Crippen LogP contribution is 2.14. The Hall–Kier alpha value is -2.88. The molecule has 0 saturated heterocycles. The van der Waals surface area contributed by atoms with E-state index in [-0.39, 0.29) is 5.84 Å². The highest BCUT2D eigenvalue weighted by atomic mass is 16.5. The summed E-state index contributed by atoms with van der Waals surface area (Å²) >= 11 is 0. The van der Waals surface area contributed by atoms with E-state index >= 15 is 0 Å². The number of hydrogen-bond acceptors (Lipinski definition) is 4. The molecule has 2 N–H and O–H groups in total. The SMILES string of the molecule is CC(Oc1ccc(C#N)cc1)C(=O)NC1=NC(=O)NC1(C)C. The van der Waals surface area contributed by atoms with Gasteiger partial charge in [-0.2, -0.15) is 10.3 Å². The number of aliphatic imine (C=N–C) groups is 1. The first-order chi connectivity index (χ1) is 10.3. The number of rotatable bonds is 3. The number of amides is 3. The van der Waals surface area contributed by atoms with Crippen molar-refractivity contribution in [2.45, 2.75) is 32.4 Å². The van der Waals surface area contributed by atoms with E-state index in [1.165, 1.54) is 0 Å². The smallest absolute Gasteiger partial charge is 0.343 e. The van der Waals surface area contributed by atoms with Crippen LogP contribution in [0, 0.1) is 11.3 Å². The molecule has 7 nitrogen and oxygen atoms in total. The van der Waals surface area contributed by atoms with Crippen molar-refractivity contribution in [1.82, 2.24) is 10.6 Å². The van der Waals surface area contributed by atoms with Crippen LogP contribution in [0.2, 0.25) is 0 Å². The maximum absolute atomic E-state index is 12.1. The minimum absolute atomic E-state index is 0.262. The number of urea groups is 1.